The average Bonchev–Trinajstić information content (AvgIpc) is 2.83. The van der Waals surface area contributed by atoms with Gasteiger partial charge in [0.25, 0.3) is 5.91 Å². The molecule has 0 aliphatic rings. The van der Waals surface area contributed by atoms with E-state index in [-0.39, 0.29) is 12.5 Å². The highest BCUT2D eigenvalue weighted by atomic mass is 16.5. The van der Waals surface area contributed by atoms with Crippen molar-refractivity contribution in [3.05, 3.63) is 66.2 Å². The van der Waals surface area contributed by atoms with Gasteiger partial charge in [-0.2, -0.15) is 5.10 Å². The molecular formula is C26H30N2O4. The minimum Gasteiger partial charge on any atom is -0.493 e. The molecule has 168 valence electrons. The topological polar surface area (TPSA) is 69.2 Å². The number of benzene rings is 3. The van der Waals surface area contributed by atoms with Crippen molar-refractivity contribution in [2.75, 3.05) is 20.3 Å². The second kappa shape index (κ2) is 12.3. The number of nitrogens with one attached hydrogen (secondary N) is 1. The number of unbranched alkanes of at least 4 members (excludes halogenated alkanes) is 3. The molecule has 0 bridgehead atoms. The summed E-state index contributed by atoms with van der Waals surface area (Å²) in [7, 11) is 1.60. The Bertz CT molecular complexity index is 1040. The molecule has 0 radical (unpaired) electrons. The van der Waals surface area contributed by atoms with Crippen molar-refractivity contribution in [1.82, 2.24) is 5.43 Å². The van der Waals surface area contributed by atoms with Gasteiger partial charge < -0.3 is 14.2 Å². The smallest absolute Gasteiger partial charge is 0.277 e. The fraction of sp³-hybridized carbons (Fsp3) is 0.308. The molecule has 6 nitrogen and oxygen atoms in total. The van der Waals surface area contributed by atoms with E-state index in [0.717, 1.165) is 29.2 Å². The Hall–Kier alpha value is -3.54. The molecule has 3 rings (SSSR count). The molecule has 0 unspecified atom stereocenters. The molecule has 0 heterocycles. The minimum atomic E-state index is -0.340. The fourth-order valence-electron chi connectivity index (χ4n) is 3.27. The third-order valence-corrected chi connectivity index (χ3v) is 4.95. The van der Waals surface area contributed by atoms with Crippen molar-refractivity contribution in [2.45, 2.75) is 32.6 Å². The van der Waals surface area contributed by atoms with Gasteiger partial charge in [-0.1, -0.05) is 62.6 Å². The Morgan fingerprint density at radius 3 is 2.62 bits per heavy atom. The highest BCUT2D eigenvalue weighted by Gasteiger charge is 2.07. The Morgan fingerprint density at radius 2 is 1.78 bits per heavy atom. The maximum atomic E-state index is 12.1. The summed E-state index contributed by atoms with van der Waals surface area (Å²) in [6.07, 6.45) is 6.15. The number of nitrogens with zero attached hydrogens (tertiary/aromatic N) is 1. The zero-order valence-corrected chi connectivity index (χ0v) is 18.7. The van der Waals surface area contributed by atoms with E-state index < -0.39 is 0 Å². The van der Waals surface area contributed by atoms with Crippen LogP contribution in [0.15, 0.2) is 65.8 Å². The van der Waals surface area contributed by atoms with Gasteiger partial charge in [0.05, 0.1) is 19.9 Å². The summed E-state index contributed by atoms with van der Waals surface area (Å²) < 4.78 is 16.9. The first kappa shape index (κ1) is 23.1. The second-order valence-electron chi connectivity index (χ2n) is 7.38. The molecule has 1 amide bonds. The molecule has 1 N–H and O–H groups in total. The van der Waals surface area contributed by atoms with Crippen LogP contribution in [0.2, 0.25) is 0 Å². The van der Waals surface area contributed by atoms with Gasteiger partial charge in [0.15, 0.2) is 18.1 Å². The Morgan fingerprint density at radius 1 is 0.938 bits per heavy atom. The van der Waals surface area contributed by atoms with Gasteiger partial charge in [0.1, 0.15) is 5.75 Å². The summed E-state index contributed by atoms with van der Waals surface area (Å²) in [4.78, 5) is 12.1. The molecule has 0 aromatic heterocycles. The van der Waals surface area contributed by atoms with Crippen LogP contribution in [0.25, 0.3) is 10.8 Å². The third kappa shape index (κ3) is 6.74. The SMILES string of the molecule is CCCCCCOc1ccc(/C=N/NC(=O)COc2cccc3ccccc23)cc1OC. The standard InChI is InChI=1S/C26H30N2O4/c1-3-4-5-8-16-31-24-15-14-20(17-25(24)30-2)18-27-28-26(29)19-32-23-13-9-11-21-10-6-7-12-22(21)23/h6-7,9-15,17-18H,3-5,8,16,19H2,1-2H3,(H,28,29)/b27-18+. The minimum absolute atomic E-state index is 0.126. The van der Waals surface area contributed by atoms with Crippen LogP contribution >= 0.6 is 0 Å². The van der Waals surface area contributed by atoms with Crippen LogP contribution in [-0.4, -0.2) is 32.4 Å². The van der Waals surface area contributed by atoms with Crippen molar-refractivity contribution in [3.63, 3.8) is 0 Å². The molecule has 0 fully saturated rings. The molecule has 3 aromatic rings. The molecule has 0 atom stereocenters. The van der Waals surface area contributed by atoms with Crippen LogP contribution in [0.3, 0.4) is 0 Å². The first-order chi connectivity index (χ1) is 15.7. The highest BCUT2D eigenvalue weighted by Crippen LogP contribution is 2.28. The number of hydrogen-bond donors (Lipinski definition) is 1. The van der Waals surface area contributed by atoms with E-state index >= 15 is 0 Å². The van der Waals surface area contributed by atoms with E-state index in [1.54, 1.807) is 13.3 Å². The van der Waals surface area contributed by atoms with E-state index in [2.05, 4.69) is 17.5 Å². The lowest BCUT2D eigenvalue weighted by molar-refractivity contribution is -0.123. The largest absolute Gasteiger partial charge is 0.493 e. The van der Waals surface area contributed by atoms with Crippen LogP contribution in [0.1, 0.15) is 38.2 Å². The maximum Gasteiger partial charge on any atom is 0.277 e. The normalized spacial score (nSPS) is 10.9. The molecule has 0 saturated carbocycles. The summed E-state index contributed by atoms with van der Waals surface area (Å²) in [5.41, 5.74) is 3.28. The van der Waals surface area contributed by atoms with Crippen molar-refractivity contribution < 1.29 is 19.0 Å². The molecular weight excluding hydrogens is 404 g/mol. The van der Waals surface area contributed by atoms with E-state index in [9.17, 15) is 4.79 Å². The van der Waals surface area contributed by atoms with Crippen LogP contribution in [0, 0.1) is 0 Å². The van der Waals surface area contributed by atoms with Crippen LogP contribution in [0.5, 0.6) is 17.2 Å². The van der Waals surface area contributed by atoms with Gasteiger partial charge in [-0.3, -0.25) is 4.79 Å². The van der Waals surface area contributed by atoms with Gasteiger partial charge in [0, 0.05) is 5.39 Å². The lowest BCUT2D eigenvalue weighted by Gasteiger charge is -2.11. The number of ether oxygens (including phenoxy) is 3. The van der Waals surface area contributed by atoms with E-state index in [4.69, 9.17) is 14.2 Å². The quantitative estimate of drug-likeness (QED) is 0.237. The zero-order valence-electron chi connectivity index (χ0n) is 18.7. The van der Waals surface area contributed by atoms with Crippen molar-refractivity contribution in [3.8, 4) is 17.2 Å². The van der Waals surface area contributed by atoms with Crippen molar-refractivity contribution >= 4 is 22.9 Å². The van der Waals surface area contributed by atoms with E-state index in [1.165, 1.54) is 12.8 Å². The summed E-state index contributed by atoms with van der Waals surface area (Å²) in [6.45, 7) is 2.72. The summed E-state index contributed by atoms with van der Waals surface area (Å²) in [5, 5.41) is 6.04. The predicted molar refractivity (Wildman–Crippen MR) is 128 cm³/mol. The number of methoxy groups -OCH3 is 1. The summed E-state index contributed by atoms with van der Waals surface area (Å²) in [6, 6.07) is 19.2. The molecule has 0 saturated heterocycles. The number of amides is 1. The monoisotopic (exact) mass is 434 g/mol. The molecule has 6 heteroatoms. The fourth-order valence-corrected chi connectivity index (χ4v) is 3.27. The maximum absolute atomic E-state index is 12.1. The molecule has 32 heavy (non-hydrogen) atoms. The Kier molecular flexibility index (Phi) is 8.92. The van der Waals surface area contributed by atoms with Gasteiger partial charge in [-0.05, 0) is 41.6 Å². The molecule has 3 aromatic carbocycles. The summed E-state index contributed by atoms with van der Waals surface area (Å²) >= 11 is 0. The van der Waals surface area contributed by atoms with Gasteiger partial charge >= 0.3 is 0 Å². The highest BCUT2D eigenvalue weighted by molar-refractivity contribution is 5.89. The number of hydrogen-bond acceptors (Lipinski definition) is 5. The number of carbonyl (C=O) groups excluding carboxylic acids is 1. The number of rotatable bonds is 12. The Labute approximate surface area is 189 Å². The Balaban J connectivity index is 1.49. The summed E-state index contributed by atoms with van der Waals surface area (Å²) in [5.74, 6) is 1.66. The van der Waals surface area contributed by atoms with Gasteiger partial charge in [-0.25, -0.2) is 5.43 Å². The second-order valence-corrected chi connectivity index (χ2v) is 7.38. The average molecular weight is 435 g/mol. The van der Waals surface area contributed by atoms with Gasteiger partial charge in [0.2, 0.25) is 0 Å². The van der Waals surface area contributed by atoms with Crippen LogP contribution in [-0.2, 0) is 4.79 Å². The van der Waals surface area contributed by atoms with E-state index in [0.29, 0.717) is 23.9 Å². The number of fused-ring (bicyclic) bond motifs is 1. The molecule has 0 aliphatic carbocycles. The van der Waals surface area contributed by atoms with E-state index in [1.807, 2.05) is 60.7 Å². The zero-order chi connectivity index (χ0) is 22.6. The van der Waals surface area contributed by atoms with Gasteiger partial charge in [-0.15, -0.1) is 0 Å². The van der Waals surface area contributed by atoms with Crippen LogP contribution < -0.4 is 19.6 Å². The molecule has 0 spiro atoms. The lowest BCUT2D eigenvalue weighted by atomic mass is 10.1. The first-order valence-electron chi connectivity index (χ1n) is 10.9. The van der Waals surface area contributed by atoms with Crippen molar-refractivity contribution in [2.24, 2.45) is 5.10 Å². The first-order valence-corrected chi connectivity index (χ1v) is 10.9. The lowest BCUT2D eigenvalue weighted by Crippen LogP contribution is -2.24. The number of carbonyl (C=O) groups is 1. The van der Waals surface area contributed by atoms with Crippen LogP contribution in [0.4, 0.5) is 0 Å². The molecule has 0 aliphatic heterocycles. The van der Waals surface area contributed by atoms with Crippen molar-refractivity contribution in [1.29, 1.82) is 0 Å². The number of hydrazone groups is 1. The third-order valence-electron chi connectivity index (χ3n) is 4.95. The predicted octanol–water partition coefficient (Wildman–Crippen LogP) is 5.34.